The molecule has 1 saturated carbocycles. The van der Waals surface area contributed by atoms with Gasteiger partial charge in [0.25, 0.3) is 10.0 Å². The summed E-state index contributed by atoms with van der Waals surface area (Å²) in [6.07, 6.45) is -5.20. The standard InChI is InChI=1S/C25H29F3N6O6S/c1-5-33-13-21(14(2)32-33)41(37,38)34-12-17(11-30-22(35)18-8-15(18)10-29)39-20-7-6-16(9-19(20)34)31-23(36)40-24(3,4)25(26,27)28/h6-7,9,13,15,17-18H,5,8,11-12H2,1-4H3,(H,30,35)(H,31,36). The van der Waals surface area contributed by atoms with Gasteiger partial charge in [-0.15, -0.1) is 0 Å². The monoisotopic (exact) mass is 598 g/mol. The first kappa shape index (κ1) is 30.0. The van der Waals surface area contributed by atoms with Crippen molar-refractivity contribution in [2.75, 3.05) is 22.7 Å². The number of anilines is 2. The maximum Gasteiger partial charge on any atom is 0.427 e. The maximum atomic E-state index is 13.9. The van der Waals surface area contributed by atoms with Crippen LogP contribution >= 0.6 is 0 Å². The number of nitrogens with one attached hydrogen (secondary N) is 2. The smallest absolute Gasteiger partial charge is 0.427 e. The summed E-state index contributed by atoms with van der Waals surface area (Å²) in [5.41, 5.74) is -2.56. The Morgan fingerprint density at radius 1 is 1.29 bits per heavy atom. The van der Waals surface area contributed by atoms with Crippen LogP contribution in [-0.2, 0) is 26.1 Å². The molecule has 3 atom stereocenters. The van der Waals surface area contributed by atoms with Crippen LogP contribution in [0.25, 0.3) is 0 Å². The lowest BCUT2D eigenvalue weighted by Gasteiger charge is -2.35. The number of halogens is 3. The molecule has 2 N–H and O–H groups in total. The first-order chi connectivity index (χ1) is 19.1. The SMILES string of the molecule is CCn1cc(S(=O)(=O)N2CC(CNC(=O)C3CC3C#N)Oc3ccc(NC(=O)OC(C)(C)C(F)(F)F)cc32)c(C)n1. The molecule has 2 aromatic rings. The molecule has 2 aliphatic rings. The highest BCUT2D eigenvalue weighted by Crippen LogP contribution is 2.40. The highest BCUT2D eigenvalue weighted by atomic mass is 32.2. The molecule has 4 rings (SSSR count). The Bertz CT molecular complexity index is 1500. The summed E-state index contributed by atoms with van der Waals surface area (Å²) in [5.74, 6) is -1.01. The number of fused-ring (bicyclic) bond motifs is 1. The van der Waals surface area contributed by atoms with Gasteiger partial charge in [-0.25, -0.2) is 13.2 Å². The van der Waals surface area contributed by atoms with E-state index in [1.165, 1.54) is 36.0 Å². The molecule has 2 heterocycles. The molecule has 41 heavy (non-hydrogen) atoms. The predicted molar refractivity (Wildman–Crippen MR) is 138 cm³/mol. The van der Waals surface area contributed by atoms with Crippen molar-refractivity contribution < 1.29 is 40.7 Å². The number of benzene rings is 1. The predicted octanol–water partition coefficient (Wildman–Crippen LogP) is 3.33. The van der Waals surface area contributed by atoms with Gasteiger partial charge in [-0.1, -0.05) is 0 Å². The van der Waals surface area contributed by atoms with Crippen LogP contribution in [0.5, 0.6) is 5.75 Å². The normalized spacial score (nSPS) is 20.3. The molecule has 222 valence electrons. The summed E-state index contributed by atoms with van der Waals surface area (Å²) in [4.78, 5) is 24.6. The molecule has 1 aromatic carbocycles. The number of aryl methyl sites for hydroxylation is 2. The van der Waals surface area contributed by atoms with Gasteiger partial charge in [-0.3, -0.25) is 19.1 Å². The number of rotatable bonds is 8. The number of aromatic nitrogens is 2. The third kappa shape index (κ3) is 6.19. The van der Waals surface area contributed by atoms with E-state index < -0.39 is 39.9 Å². The number of carbonyl (C=O) groups excluding carboxylic acids is 2. The molecule has 1 aromatic heterocycles. The Morgan fingerprint density at radius 2 is 2.00 bits per heavy atom. The molecule has 0 radical (unpaired) electrons. The van der Waals surface area contributed by atoms with Gasteiger partial charge in [0, 0.05) is 18.4 Å². The first-order valence-electron chi connectivity index (χ1n) is 12.7. The first-order valence-corrected chi connectivity index (χ1v) is 14.1. The molecule has 3 unspecified atom stereocenters. The van der Waals surface area contributed by atoms with Gasteiger partial charge >= 0.3 is 12.3 Å². The number of alkyl halides is 3. The fraction of sp³-hybridized carbons (Fsp3) is 0.520. The zero-order valence-corrected chi connectivity index (χ0v) is 23.5. The van der Waals surface area contributed by atoms with Gasteiger partial charge in [0.2, 0.25) is 11.5 Å². The van der Waals surface area contributed by atoms with Crippen LogP contribution in [0.3, 0.4) is 0 Å². The Hall–Kier alpha value is -4.00. The van der Waals surface area contributed by atoms with Crippen LogP contribution in [0.2, 0.25) is 0 Å². The van der Waals surface area contributed by atoms with Crippen molar-refractivity contribution in [2.45, 2.75) is 63.4 Å². The van der Waals surface area contributed by atoms with Gasteiger partial charge in [0.15, 0.2) is 0 Å². The van der Waals surface area contributed by atoms with Gasteiger partial charge in [-0.05, 0) is 52.3 Å². The molecule has 1 fully saturated rings. The third-order valence-corrected chi connectivity index (χ3v) is 8.64. The molecule has 0 saturated heterocycles. The number of sulfonamides is 1. The summed E-state index contributed by atoms with van der Waals surface area (Å²) in [6, 6.07) is 5.94. The van der Waals surface area contributed by atoms with Crippen LogP contribution in [-0.4, -0.2) is 61.2 Å². The highest BCUT2D eigenvalue weighted by molar-refractivity contribution is 7.92. The molecular weight excluding hydrogens is 569 g/mol. The largest absolute Gasteiger partial charge is 0.484 e. The number of hydrogen-bond acceptors (Lipinski definition) is 8. The Kier molecular flexibility index (Phi) is 7.87. The summed E-state index contributed by atoms with van der Waals surface area (Å²) in [7, 11) is -4.26. The van der Waals surface area contributed by atoms with Crippen LogP contribution < -0.4 is 19.7 Å². The van der Waals surface area contributed by atoms with Crippen molar-refractivity contribution in [1.29, 1.82) is 5.26 Å². The van der Waals surface area contributed by atoms with Crippen LogP contribution in [0.15, 0.2) is 29.3 Å². The highest BCUT2D eigenvalue weighted by Gasteiger charge is 2.51. The lowest BCUT2D eigenvalue weighted by atomic mass is 10.1. The summed E-state index contributed by atoms with van der Waals surface area (Å²) < 4.78 is 80.2. The zero-order chi connectivity index (χ0) is 30.3. The van der Waals surface area contributed by atoms with Crippen LogP contribution in [0.1, 0.15) is 32.9 Å². The second-order valence-corrected chi connectivity index (χ2v) is 12.1. The average Bonchev–Trinajstić information content (AvgIpc) is 3.58. The molecule has 12 nitrogen and oxygen atoms in total. The number of nitriles is 1. The Labute approximate surface area is 234 Å². The lowest BCUT2D eigenvalue weighted by Crippen LogP contribution is -2.48. The summed E-state index contributed by atoms with van der Waals surface area (Å²) in [5, 5.41) is 18.1. The maximum absolute atomic E-state index is 13.9. The van der Waals surface area contributed by atoms with Crippen LogP contribution in [0.4, 0.5) is 29.3 Å². The van der Waals surface area contributed by atoms with Crippen molar-refractivity contribution in [3.8, 4) is 11.8 Å². The molecule has 16 heteroatoms. The van der Waals surface area contributed by atoms with E-state index in [1.54, 1.807) is 6.92 Å². The molecular formula is C25H29F3N6O6S. The number of ether oxygens (including phenoxy) is 2. The van der Waals surface area contributed by atoms with E-state index in [0.717, 1.165) is 4.31 Å². The van der Waals surface area contributed by atoms with E-state index in [-0.39, 0.29) is 52.6 Å². The third-order valence-electron chi connectivity index (χ3n) is 6.76. The Balaban J connectivity index is 1.62. The minimum atomic E-state index is -4.82. The number of hydrogen-bond donors (Lipinski definition) is 2. The Morgan fingerprint density at radius 3 is 2.59 bits per heavy atom. The minimum absolute atomic E-state index is 0.0100. The zero-order valence-electron chi connectivity index (χ0n) is 22.7. The van der Waals surface area contributed by atoms with Crippen molar-refractivity contribution in [1.82, 2.24) is 15.1 Å². The van der Waals surface area contributed by atoms with Crippen molar-refractivity contribution >= 4 is 33.4 Å². The lowest BCUT2D eigenvalue weighted by molar-refractivity contribution is -0.242. The molecule has 0 spiro atoms. The second kappa shape index (κ2) is 10.8. The fourth-order valence-electron chi connectivity index (χ4n) is 4.16. The number of carbonyl (C=O) groups is 2. The van der Waals surface area contributed by atoms with Gasteiger partial charge in [-0.2, -0.15) is 23.5 Å². The molecule has 1 aliphatic carbocycles. The van der Waals surface area contributed by atoms with Crippen molar-refractivity contribution in [2.24, 2.45) is 11.8 Å². The fourth-order valence-corrected chi connectivity index (χ4v) is 5.83. The van der Waals surface area contributed by atoms with E-state index in [9.17, 15) is 31.2 Å². The van der Waals surface area contributed by atoms with E-state index >= 15 is 0 Å². The van der Waals surface area contributed by atoms with Gasteiger partial charge in [0.1, 0.15) is 16.7 Å². The van der Waals surface area contributed by atoms with Crippen molar-refractivity contribution in [3.63, 3.8) is 0 Å². The summed E-state index contributed by atoms with van der Waals surface area (Å²) >= 11 is 0. The van der Waals surface area contributed by atoms with Crippen molar-refractivity contribution in [3.05, 3.63) is 30.1 Å². The van der Waals surface area contributed by atoms with Gasteiger partial charge < -0.3 is 14.8 Å². The average molecular weight is 599 g/mol. The molecule has 2 amide bonds. The quantitative estimate of drug-likeness (QED) is 0.469. The van der Waals surface area contributed by atoms with Gasteiger partial charge in [0.05, 0.1) is 42.4 Å². The van der Waals surface area contributed by atoms with E-state index in [2.05, 4.69) is 20.5 Å². The number of amides is 2. The molecule has 1 aliphatic heterocycles. The second-order valence-electron chi connectivity index (χ2n) is 10.2. The minimum Gasteiger partial charge on any atom is -0.484 e. The molecule has 0 bridgehead atoms. The topological polar surface area (TPSA) is 156 Å². The summed E-state index contributed by atoms with van der Waals surface area (Å²) in [6.45, 7) is 4.85. The van der Waals surface area contributed by atoms with E-state index in [0.29, 0.717) is 26.8 Å². The van der Waals surface area contributed by atoms with E-state index in [4.69, 9.17) is 10.00 Å². The number of nitrogens with zero attached hydrogens (tertiary/aromatic N) is 4. The van der Waals surface area contributed by atoms with E-state index in [1.807, 2.05) is 6.07 Å². The van der Waals surface area contributed by atoms with Crippen LogP contribution in [0, 0.1) is 30.1 Å².